The molecule has 2 rings (SSSR count). The van der Waals surface area contributed by atoms with Crippen LogP contribution in [0.25, 0.3) is 0 Å². The van der Waals surface area contributed by atoms with Gasteiger partial charge in [-0.25, -0.2) is 12.8 Å². The molecule has 28 heavy (non-hydrogen) atoms. The molecule has 0 heterocycles. The SMILES string of the molecule is COc1ccc(F)cc1S(=O)(=O)N(C)CC(=O)NC(C)CCc1ccccc1. The van der Waals surface area contributed by atoms with Gasteiger partial charge in [-0.3, -0.25) is 4.79 Å². The molecule has 2 aromatic rings. The number of sulfonamides is 1. The Balaban J connectivity index is 1.96. The number of halogens is 1. The van der Waals surface area contributed by atoms with E-state index in [-0.39, 0.29) is 23.2 Å². The fourth-order valence-electron chi connectivity index (χ4n) is 2.73. The van der Waals surface area contributed by atoms with Gasteiger partial charge in [0.25, 0.3) is 0 Å². The fourth-order valence-corrected chi connectivity index (χ4v) is 4.02. The first-order chi connectivity index (χ1) is 13.2. The Kier molecular flexibility index (Phi) is 7.53. The number of hydrogen-bond acceptors (Lipinski definition) is 4. The lowest BCUT2D eigenvalue weighted by Crippen LogP contribution is -2.42. The highest BCUT2D eigenvalue weighted by Gasteiger charge is 2.27. The maximum atomic E-state index is 13.5. The highest BCUT2D eigenvalue weighted by Crippen LogP contribution is 2.26. The summed E-state index contributed by atoms with van der Waals surface area (Å²) in [4.78, 5) is 11.9. The Morgan fingerprint density at radius 1 is 1.21 bits per heavy atom. The lowest BCUT2D eigenvalue weighted by molar-refractivity contribution is -0.121. The van der Waals surface area contributed by atoms with Gasteiger partial charge < -0.3 is 10.1 Å². The molecule has 2 aromatic carbocycles. The zero-order chi connectivity index (χ0) is 20.7. The Bertz CT molecular complexity index is 904. The van der Waals surface area contributed by atoms with Crippen molar-refractivity contribution < 1.29 is 22.3 Å². The minimum absolute atomic E-state index is 0.0184. The number of nitrogens with zero attached hydrogens (tertiary/aromatic N) is 1. The number of rotatable bonds is 9. The molecule has 0 aromatic heterocycles. The van der Waals surface area contributed by atoms with Crippen LogP contribution < -0.4 is 10.1 Å². The number of benzene rings is 2. The van der Waals surface area contributed by atoms with Gasteiger partial charge in [0.2, 0.25) is 15.9 Å². The summed E-state index contributed by atoms with van der Waals surface area (Å²) in [6.45, 7) is 1.49. The van der Waals surface area contributed by atoms with Gasteiger partial charge in [0.15, 0.2) is 0 Å². The predicted octanol–water partition coefficient (Wildman–Crippen LogP) is 2.59. The molecule has 0 aliphatic rings. The van der Waals surface area contributed by atoms with Gasteiger partial charge in [0.05, 0.1) is 13.7 Å². The van der Waals surface area contributed by atoms with E-state index in [1.165, 1.54) is 25.8 Å². The molecule has 6 nitrogen and oxygen atoms in total. The number of carbonyl (C=O) groups excluding carboxylic acids is 1. The van der Waals surface area contributed by atoms with Crippen LogP contribution in [0.3, 0.4) is 0 Å². The van der Waals surface area contributed by atoms with Crippen LogP contribution in [0.5, 0.6) is 5.75 Å². The zero-order valence-electron chi connectivity index (χ0n) is 16.2. The predicted molar refractivity (Wildman–Crippen MR) is 105 cm³/mol. The number of aryl methyl sites for hydroxylation is 1. The number of methoxy groups -OCH3 is 1. The third kappa shape index (κ3) is 5.77. The van der Waals surface area contributed by atoms with Gasteiger partial charge in [0, 0.05) is 13.1 Å². The van der Waals surface area contributed by atoms with Crippen molar-refractivity contribution in [1.82, 2.24) is 9.62 Å². The average molecular weight is 408 g/mol. The fraction of sp³-hybridized carbons (Fsp3) is 0.350. The van der Waals surface area contributed by atoms with Crippen LogP contribution in [0.4, 0.5) is 4.39 Å². The molecule has 0 saturated heterocycles. The Morgan fingerprint density at radius 3 is 2.54 bits per heavy atom. The van der Waals surface area contributed by atoms with Gasteiger partial charge in [-0.05, 0) is 43.5 Å². The topological polar surface area (TPSA) is 75.7 Å². The summed E-state index contributed by atoms with van der Waals surface area (Å²) >= 11 is 0. The first kappa shape index (κ1) is 21.8. The van der Waals surface area contributed by atoms with Crippen LogP contribution in [0.1, 0.15) is 18.9 Å². The molecule has 1 unspecified atom stereocenters. The Hall–Kier alpha value is -2.45. The van der Waals surface area contributed by atoms with E-state index < -0.39 is 21.7 Å². The van der Waals surface area contributed by atoms with Crippen molar-refractivity contribution >= 4 is 15.9 Å². The molecule has 0 aliphatic carbocycles. The van der Waals surface area contributed by atoms with E-state index in [9.17, 15) is 17.6 Å². The second-order valence-corrected chi connectivity index (χ2v) is 8.56. The maximum Gasteiger partial charge on any atom is 0.247 e. The van der Waals surface area contributed by atoms with E-state index in [2.05, 4.69) is 5.32 Å². The van der Waals surface area contributed by atoms with Crippen molar-refractivity contribution in [2.24, 2.45) is 0 Å². The summed E-state index contributed by atoms with van der Waals surface area (Å²) in [5.74, 6) is -1.11. The van der Waals surface area contributed by atoms with Gasteiger partial charge in [-0.1, -0.05) is 30.3 Å². The number of hydrogen-bond donors (Lipinski definition) is 1. The molecule has 1 N–H and O–H groups in total. The summed E-state index contributed by atoms with van der Waals surface area (Å²) in [6, 6.07) is 13.0. The van der Waals surface area contributed by atoms with Crippen LogP contribution >= 0.6 is 0 Å². The van der Waals surface area contributed by atoms with E-state index in [1.807, 2.05) is 37.3 Å². The molecule has 8 heteroatoms. The smallest absolute Gasteiger partial charge is 0.247 e. The second kappa shape index (κ2) is 9.66. The molecule has 152 valence electrons. The minimum Gasteiger partial charge on any atom is -0.495 e. The summed E-state index contributed by atoms with van der Waals surface area (Å²) in [7, 11) is -1.51. The van der Waals surface area contributed by atoms with Gasteiger partial charge >= 0.3 is 0 Å². The van der Waals surface area contributed by atoms with E-state index in [0.717, 1.165) is 29.3 Å². The number of carbonyl (C=O) groups is 1. The summed E-state index contributed by atoms with van der Waals surface area (Å²) in [5.41, 5.74) is 1.17. The number of likely N-dealkylation sites (N-methyl/N-ethyl adjacent to an activating group) is 1. The minimum atomic E-state index is -4.08. The summed E-state index contributed by atoms with van der Waals surface area (Å²) in [6.07, 6.45) is 1.53. The first-order valence-electron chi connectivity index (χ1n) is 8.87. The van der Waals surface area contributed by atoms with Gasteiger partial charge in [-0.15, -0.1) is 0 Å². The molecule has 1 atom stereocenters. The molecular formula is C20H25FN2O4S. The van der Waals surface area contributed by atoms with Crippen molar-refractivity contribution in [3.8, 4) is 5.75 Å². The molecule has 0 aliphatic heterocycles. The molecule has 0 fully saturated rings. The summed E-state index contributed by atoms with van der Waals surface area (Å²) in [5, 5.41) is 2.79. The molecule has 0 saturated carbocycles. The van der Waals surface area contributed by atoms with Crippen molar-refractivity contribution in [3.63, 3.8) is 0 Å². The molecule has 1 amide bonds. The zero-order valence-corrected chi connectivity index (χ0v) is 17.0. The lowest BCUT2D eigenvalue weighted by atomic mass is 10.1. The van der Waals surface area contributed by atoms with Gasteiger partial charge in [0.1, 0.15) is 16.5 Å². The van der Waals surface area contributed by atoms with Crippen molar-refractivity contribution in [1.29, 1.82) is 0 Å². The van der Waals surface area contributed by atoms with E-state index in [0.29, 0.717) is 0 Å². The quantitative estimate of drug-likeness (QED) is 0.692. The standard InChI is InChI=1S/C20H25FN2O4S/c1-15(9-10-16-7-5-4-6-8-16)22-20(24)14-23(2)28(25,26)19-13-17(21)11-12-18(19)27-3/h4-8,11-13,15H,9-10,14H2,1-3H3,(H,22,24). The molecule has 0 bridgehead atoms. The van der Waals surface area contributed by atoms with Crippen LogP contribution in [0.2, 0.25) is 0 Å². The first-order valence-corrected chi connectivity index (χ1v) is 10.3. The maximum absolute atomic E-state index is 13.5. The van der Waals surface area contributed by atoms with E-state index >= 15 is 0 Å². The molecular weight excluding hydrogens is 383 g/mol. The average Bonchev–Trinajstić information content (AvgIpc) is 2.67. The highest BCUT2D eigenvalue weighted by molar-refractivity contribution is 7.89. The van der Waals surface area contributed by atoms with Crippen LogP contribution in [0, 0.1) is 5.82 Å². The van der Waals surface area contributed by atoms with Crippen LogP contribution in [-0.2, 0) is 21.2 Å². The highest BCUT2D eigenvalue weighted by atomic mass is 32.2. The lowest BCUT2D eigenvalue weighted by Gasteiger charge is -2.20. The largest absolute Gasteiger partial charge is 0.495 e. The second-order valence-electron chi connectivity index (χ2n) is 6.55. The third-order valence-corrected chi connectivity index (χ3v) is 6.12. The van der Waals surface area contributed by atoms with Crippen molar-refractivity contribution in [2.45, 2.75) is 30.7 Å². The van der Waals surface area contributed by atoms with E-state index in [4.69, 9.17) is 4.74 Å². The normalized spacial score (nSPS) is 12.6. The van der Waals surface area contributed by atoms with Gasteiger partial charge in [-0.2, -0.15) is 4.31 Å². The monoisotopic (exact) mass is 408 g/mol. The third-order valence-electron chi connectivity index (χ3n) is 4.30. The summed E-state index contributed by atoms with van der Waals surface area (Å²) < 4.78 is 44.8. The van der Waals surface area contributed by atoms with E-state index in [1.54, 1.807) is 0 Å². The number of ether oxygens (including phenoxy) is 1. The number of amides is 1. The van der Waals surface area contributed by atoms with Crippen molar-refractivity contribution in [3.05, 3.63) is 59.9 Å². The number of nitrogens with one attached hydrogen (secondary N) is 1. The Labute approximate surface area is 165 Å². The van der Waals surface area contributed by atoms with Crippen LogP contribution in [-0.4, -0.2) is 45.4 Å². The van der Waals surface area contributed by atoms with Crippen molar-refractivity contribution in [2.75, 3.05) is 20.7 Å². The Morgan fingerprint density at radius 2 is 1.89 bits per heavy atom. The molecule has 0 radical (unpaired) electrons. The molecule has 0 spiro atoms. The van der Waals surface area contributed by atoms with Crippen LogP contribution in [0.15, 0.2) is 53.4 Å².